The predicted molar refractivity (Wildman–Crippen MR) is 69.6 cm³/mol. The average molecular weight is 228 g/mol. The molecule has 2 heteroatoms. The highest BCUT2D eigenvalue weighted by Gasteiger charge is 2.30. The van der Waals surface area contributed by atoms with Gasteiger partial charge in [-0.15, -0.1) is 0 Å². The van der Waals surface area contributed by atoms with E-state index >= 15 is 0 Å². The molecule has 17 heavy (non-hydrogen) atoms. The van der Waals surface area contributed by atoms with Crippen molar-refractivity contribution >= 4 is 0 Å². The molecule has 0 atom stereocenters. The Labute approximate surface area is 104 Å². The first kappa shape index (κ1) is 12.1. The van der Waals surface area contributed by atoms with E-state index in [2.05, 4.69) is 35.7 Å². The van der Waals surface area contributed by atoms with E-state index in [1.165, 1.54) is 24.8 Å². The lowest BCUT2D eigenvalue weighted by molar-refractivity contribution is 0.299. The summed E-state index contributed by atoms with van der Waals surface area (Å²) in [6, 6.07) is 12.9. The lowest BCUT2D eigenvalue weighted by Gasteiger charge is -2.31. The van der Waals surface area contributed by atoms with Gasteiger partial charge in [-0.25, -0.2) is 0 Å². The van der Waals surface area contributed by atoms with Crippen LogP contribution in [0.15, 0.2) is 30.3 Å². The van der Waals surface area contributed by atoms with Gasteiger partial charge in [0, 0.05) is 6.54 Å². The minimum absolute atomic E-state index is 0.243. The van der Waals surface area contributed by atoms with E-state index in [1.54, 1.807) is 0 Å². The molecule has 0 saturated heterocycles. The topological polar surface area (TPSA) is 35.8 Å². The Kier molecular flexibility index (Phi) is 4.17. The highest BCUT2D eigenvalue weighted by atomic mass is 15.0. The Morgan fingerprint density at radius 3 is 2.47 bits per heavy atom. The van der Waals surface area contributed by atoms with Crippen LogP contribution in [0.3, 0.4) is 0 Å². The number of nitrogens with zero attached hydrogens (tertiary/aromatic N) is 1. The lowest BCUT2D eigenvalue weighted by Crippen LogP contribution is -2.46. The van der Waals surface area contributed by atoms with E-state index in [0.29, 0.717) is 0 Å². The molecule has 90 valence electrons. The number of rotatable bonds is 4. The standard InChI is InChI=1S/C15H20N2/c16-13-15(10-5-2-6-11-15)17-12-9-14-7-3-1-4-8-14/h1,3-4,7-8,17H,2,5-6,9-12H2. The first-order valence-electron chi connectivity index (χ1n) is 6.55. The molecule has 1 aromatic carbocycles. The summed E-state index contributed by atoms with van der Waals surface area (Å²) >= 11 is 0. The van der Waals surface area contributed by atoms with Crippen LogP contribution in [-0.4, -0.2) is 12.1 Å². The first-order valence-corrected chi connectivity index (χ1v) is 6.55. The molecule has 0 aliphatic heterocycles. The summed E-state index contributed by atoms with van der Waals surface area (Å²) in [5.74, 6) is 0. The van der Waals surface area contributed by atoms with Crippen molar-refractivity contribution in [3.8, 4) is 6.07 Å². The van der Waals surface area contributed by atoms with Gasteiger partial charge in [0.05, 0.1) is 6.07 Å². The molecule has 1 aromatic rings. The molecule has 1 N–H and O–H groups in total. The summed E-state index contributed by atoms with van der Waals surface area (Å²) in [5.41, 5.74) is 1.09. The monoisotopic (exact) mass is 228 g/mol. The maximum Gasteiger partial charge on any atom is 0.106 e. The molecular formula is C15H20N2. The fraction of sp³-hybridized carbons (Fsp3) is 0.533. The van der Waals surface area contributed by atoms with Crippen molar-refractivity contribution in [3.05, 3.63) is 35.9 Å². The quantitative estimate of drug-likeness (QED) is 0.859. The average Bonchev–Trinajstić information content (AvgIpc) is 2.41. The molecule has 0 radical (unpaired) electrons. The molecule has 0 bridgehead atoms. The highest BCUT2D eigenvalue weighted by Crippen LogP contribution is 2.27. The van der Waals surface area contributed by atoms with Gasteiger partial charge in [0.15, 0.2) is 0 Å². The number of nitrogens with one attached hydrogen (secondary N) is 1. The normalized spacial score (nSPS) is 18.5. The molecule has 0 spiro atoms. The number of hydrogen-bond donors (Lipinski definition) is 1. The number of benzene rings is 1. The summed E-state index contributed by atoms with van der Waals surface area (Å²) < 4.78 is 0. The fourth-order valence-electron chi connectivity index (χ4n) is 2.57. The van der Waals surface area contributed by atoms with E-state index < -0.39 is 0 Å². The first-order chi connectivity index (χ1) is 8.35. The minimum Gasteiger partial charge on any atom is -0.299 e. The predicted octanol–water partition coefficient (Wildman–Crippen LogP) is 3.05. The Morgan fingerprint density at radius 2 is 1.82 bits per heavy atom. The van der Waals surface area contributed by atoms with Crippen LogP contribution in [0.1, 0.15) is 37.7 Å². The van der Waals surface area contributed by atoms with Gasteiger partial charge in [-0.2, -0.15) is 5.26 Å². The van der Waals surface area contributed by atoms with Gasteiger partial charge in [0.1, 0.15) is 5.54 Å². The Bertz CT molecular complexity index is 372. The highest BCUT2D eigenvalue weighted by molar-refractivity contribution is 5.15. The van der Waals surface area contributed by atoms with Crippen LogP contribution in [-0.2, 0) is 6.42 Å². The third kappa shape index (κ3) is 3.31. The molecule has 2 rings (SSSR count). The Morgan fingerprint density at radius 1 is 1.12 bits per heavy atom. The molecule has 1 fully saturated rings. The van der Waals surface area contributed by atoms with Crippen molar-refractivity contribution in [2.45, 2.75) is 44.1 Å². The third-order valence-corrected chi connectivity index (χ3v) is 3.64. The molecule has 1 aliphatic carbocycles. The zero-order chi connectivity index (χ0) is 12.0. The van der Waals surface area contributed by atoms with Gasteiger partial charge < -0.3 is 0 Å². The van der Waals surface area contributed by atoms with Gasteiger partial charge in [0.25, 0.3) is 0 Å². The second kappa shape index (κ2) is 5.84. The summed E-state index contributed by atoms with van der Waals surface area (Å²) in [6.07, 6.45) is 6.68. The largest absolute Gasteiger partial charge is 0.299 e. The van der Waals surface area contributed by atoms with Crippen LogP contribution in [0.5, 0.6) is 0 Å². The molecule has 0 heterocycles. The molecule has 0 amide bonds. The maximum atomic E-state index is 9.33. The molecule has 0 aromatic heterocycles. The fourth-order valence-corrected chi connectivity index (χ4v) is 2.57. The van der Waals surface area contributed by atoms with E-state index in [4.69, 9.17) is 0 Å². The van der Waals surface area contributed by atoms with Crippen molar-refractivity contribution < 1.29 is 0 Å². The van der Waals surface area contributed by atoms with Crippen molar-refractivity contribution in [3.63, 3.8) is 0 Å². The van der Waals surface area contributed by atoms with Crippen LogP contribution >= 0.6 is 0 Å². The molecule has 0 unspecified atom stereocenters. The summed E-state index contributed by atoms with van der Waals surface area (Å²) in [6.45, 7) is 0.900. The number of hydrogen-bond acceptors (Lipinski definition) is 2. The van der Waals surface area contributed by atoms with Crippen molar-refractivity contribution in [1.29, 1.82) is 5.26 Å². The van der Waals surface area contributed by atoms with Crippen LogP contribution in [0.2, 0.25) is 0 Å². The zero-order valence-electron chi connectivity index (χ0n) is 10.3. The van der Waals surface area contributed by atoms with Gasteiger partial charge in [-0.3, -0.25) is 5.32 Å². The van der Waals surface area contributed by atoms with E-state index in [-0.39, 0.29) is 5.54 Å². The molecule has 1 saturated carbocycles. The lowest BCUT2D eigenvalue weighted by atomic mass is 9.83. The molecular weight excluding hydrogens is 208 g/mol. The summed E-state index contributed by atoms with van der Waals surface area (Å²) in [7, 11) is 0. The van der Waals surface area contributed by atoms with Gasteiger partial charge in [-0.1, -0.05) is 49.6 Å². The zero-order valence-corrected chi connectivity index (χ0v) is 10.3. The van der Waals surface area contributed by atoms with E-state index in [1.807, 2.05) is 6.07 Å². The Hall–Kier alpha value is -1.33. The van der Waals surface area contributed by atoms with Gasteiger partial charge in [0.2, 0.25) is 0 Å². The van der Waals surface area contributed by atoms with Crippen LogP contribution in [0.4, 0.5) is 0 Å². The summed E-state index contributed by atoms with van der Waals surface area (Å²) in [5, 5.41) is 12.8. The van der Waals surface area contributed by atoms with Crippen molar-refractivity contribution in [1.82, 2.24) is 5.32 Å². The third-order valence-electron chi connectivity index (χ3n) is 3.64. The smallest absolute Gasteiger partial charge is 0.106 e. The SMILES string of the molecule is N#CC1(NCCc2ccccc2)CCCCC1. The number of nitriles is 1. The van der Waals surface area contributed by atoms with Crippen molar-refractivity contribution in [2.75, 3.05) is 6.54 Å². The van der Waals surface area contributed by atoms with Crippen molar-refractivity contribution in [2.24, 2.45) is 0 Å². The van der Waals surface area contributed by atoms with E-state index in [9.17, 15) is 5.26 Å². The van der Waals surface area contributed by atoms with Crippen LogP contribution in [0, 0.1) is 11.3 Å². The molecule has 1 aliphatic rings. The second-order valence-corrected chi connectivity index (χ2v) is 4.92. The Balaban J connectivity index is 1.83. The van der Waals surface area contributed by atoms with Crippen LogP contribution in [0.25, 0.3) is 0 Å². The maximum absolute atomic E-state index is 9.33. The molecule has 2 nitrogen and oxygen atoms in total. The van der Waals surface area contributed by atoms with Gasteiger partial charge >= 0.3 is 0 Å². The van der Waals surface area contributed by atoms with E-state index in [0.717, 1.165) is 25.8 Å². The summed E-state index contributed by atoms with van der Waals surface area (Å²) in [4.78, 5) is 0. The second-order valence-electron chi connectivity index (χ2n) is 4.92. The van der Waals surface area contributed by atoms with Crippen LogP contribution < -0.4 is 5.32 Å². The van der Waals surface area contributed by atoms with Gasteiger partial charge in [-0.05, 0) is 24.8 Å². The minimum atomic E-state index is -0.243.